The molecule has 2 aromatic carbocycles. The van der Waals surface area contributed by atoms with Crippen LogP contribution < -0.4 is 15.4 Å². The Kier molecular flexibility index (Phi) is 5.01. The van der Waals surface area contributed by atoms with Crippen LogP contribution in [0.1, 0.15) is 20.7 Å². The SMILES string of the molecule is CNC(=O)c1cccc(NC(=O)c2ccc(OC)c(Cl)c2)c1. The maximum atomic E-state index is 12.2. The number of ether oxygens (including phenoxy) is 1. The third-order valence-corrected chi connectivity index (χ3v) is 3.32. The van der Waals surface area contributed by atoms with Crippen LogP contribution >= 0.6 is 11.6 Å². The van der Waals surface area contributed by atoms with Crippen molar-refractivity contribution < 1.29 is 14.3 Å². The molecule has 0 heterocycles. The lowest BCUT2D eigenvalue weighted by Gasteiger charge is -2.08. The zero-order valence-electron chi connectivity index (χ0n) is 12.1. The van der Waals surface area contributed by atoms with E-state index in [4.69, 9.17) is 16.3 Å². The Morgan fingerprint density at radius 3 is 2.41 bits per heavy atom. The highest BCUT2D eigenvalue weighted by atomic mass is 35.5. The minimum Gasteiger partial charge on any atom is -0.495 e. The van der Waals surface area contributed by atoms with Crippen molar-refractivity contribution >= 4 is 29.1 Å². The monoisotopic (exact) mass is 318 g/mol. The summed E-state index contributed by atoms with van der Waals surface area (Å²) >= 11 is 6.00. The first-order valence-corrected chi connectivity index (χ1v) is 6.90. The van der Waals surface area contributed by atoms with Crippen LogP contribution in [0.3, 0.4) is 0 Å². The normalized spacial score (nSPS) is 9.95. The molecule has 0 aliphatic carbocycles. The number of halogens is 1. The van der Waals surface area contributed by atoms with Crippen molar-refractivity contribution in [2.24, 2.45) is 0 Å². The molecule has 0 aliphatic rings. The molecule has 0 saturated carbocycles. The van der Waals surface area contributed by atoms with Crippen LogP contribution in [-0.2, 0) is 0 Å². The van der Waals surface area contributed by atoms with Crippen LogP contribution in [-0.4, -0.2) is 26.0 Å². The molecule has 0 spiro atoms. The molecule has 2 aromatic rings. The van der Waals surface area contributed by atoms with Gasteiger partial charge in [-0.2, -0.15) is 0 Å². The molecule has 0 bridgehead atoms. The molecule has 6 heteroatoms. The van der Waals surface area contributed by atoms with E-state index in [2.05, 4.69) is 10.6 Å². The Morgan fingerprint density at radius 2 is 1.77 bits per heavy atom. The fourth-order valence-corrected chi connectivity index (χ4v) is 2.15. The number of hydrogen-bond acceptors (Lipinski definition) is 3. The zero-order valence-corrected chi connectivity index (χ0v) is 12.9. The molecule has 0 unspecified atom stereocenters. The average molecular weight is 319 g/mol. The third-order valence-electron chi connectivity index (χ3n) is 3.02. The second-order valence-electron chi connectivity index (χ2n) is 4.46. The Balaban J connectivity index is 2.18. The third kappa shape index (κ3) is 3.56. The first-order chi connectivity index (χ1) is 10.5. The highest BCUT2D eigenvalue weighted by Gasteiger charge is 2.10. The van der Waals surface area contributed by atoms with E-state index in [1.807, 2.05) is 0 Å². The second kappa shape index (κ2) is 6.95. The quantitative estimate of drug-likeness (QED) is 0.910. The van der Waals surface area contributed by atoms with Crippen LogP contribution in [0.2, 0.25) is 5.02 Å². The molecule has 2 rings (SSSR count). The number of amides is 2. The molecular formula is C16H15ClN2O3. The van der Waals surface area contributed by atoms with Gasteiger partial charge in [0, 0.05) is 23.9 Å². The summed E-state index contributed by atoms with van der Waals surface area (Å²) in [5, 5.41) is 5.61. The van der Waals surface area contributed by atoms with Gasteiger partial charge in [-0.25, -0.2) is 0 Å². The molecule has 0 aliphatic heterocycles. The second-order valence-corrected chi connectivity index (χ2v) is 4.87. The summed E-state index contributed by atoms with van der Waals surface area (Å²) in [6.07, 6.45) is 0. The molecule has 22 heavy (non-hydrogen) atoms. The van der Waals surface area contributed by atoms with Crippen LogP contribution in [0.25, 0.3) is 0 Å². The zero-order chi connectivity index (χ0) is 16.1. The van der Waals surface area contributed by atoms with E-state index in [-0.39, 0.29) is 11.8 Å². The summed E-state index contributed by atoms with van der Waals surface area (Å²) < 4.78 is 5.04. The van der Waals surface area contributed by atoms with Crippen molar-refractivity contribution in [3.8, 4) is 5.75 Å². The van der Waals surface area contributed by atoms with Crippen molar-refractivity contribution in [3.05, 3.63) is 58.6 Å². The number of carbonyl (C=O) groups is 2. The highest BCUT2D eigenvalue weighted by Crippen LogP contribution is 2.25. The van der Waals surface area contributed by atoms with Crippen molar-refractivity contribution in [3.63, 3.8) is 0 Å². The topological polar surface area (TPSA) is 67.4 Å². The number of anilines is 1. The van der Waals surface area contributed by atoms with Crippen molar-refractivity contribution in [2.45, 2.75) is 0 Å². The van der Waals surface area contributed by atoms with E-state index in [1.165, 1.54) is 13.2 Å². The fraction of sp³-hybridized carbons (Fsp3) is 0.125. The van der Waals surface area contributed by atoms with Gasteiger partial charge in [0.25, 0.3) is 11.8 Å². The number of hydrogen-bond donors (Lipinski definition) is 2. The van der Waals surface area contributed by atoms with Gasteiger partial charge in [-0.3, -0.25) is 9.59 Å². The van der Waals surface area contributed by atoms with Crippen LogP contribution in [0.4, 0.5) is 5.69 Å². The molecule has 0 saturated heterocycles. The number of rotatable bonds is 4. The van der Waals surface area contributed by atoms with Gasteiger partial charge in [0.2, 0.25) is 0 Å². The Hall–Kier alpha value is -2.53. The molecular weight excluding hydrogens is 304 g/mol. The van der Waals surface area contributed by atoms with Crippen molar-refractivity contribution in [1.29, 1.82) is 0 Å². The highest BCUT2D eigenvalue weighted by molar-refractivity contribution is 6.32. The van der Waals surface area contributed by atoms with Gasteiger partial charge in [0.05, 0.1) is 12.1 Å². The van der Waals surface area contributed by atoms with E-state index >= 15 is 0 Å². The minimum atomic E-state index is -0.321. The van der Waals surface area contributed by atoms with E-state index < -0.39 is 0 Å². The lowest BCUT2D eigenvalue weighted by Crippen LogP contribution is -2.18. The van der Waals surface area contributed by atoms with E-state index in [0.29, 0.717) is 27.6 Å². The summed E-state index contributed by atoms with van der Waals surface area (Å²) in [4.78, 5) is 23.8. The molecule has 114 valence electrons. The lowest BCUT2D eigenvalue weighted by atomic mass is 10.1. The molecule has 5 nitrogen and oxygen atoms in total. The molecule has 0 fully saturated rings. The van der Waals surface area contributed by atoms with Crippen molar-refractivity contribution in [1.82, 2.24) is 5.32 Å². The predicted molar refractivity (Wildman–Crippen MR) is 85.8 cm³/mol. The minimum absolute atomic E-state index is 0.219. The summed E-state index contributed by atoms with van der Waals surface area (Å²) in [5.74, 6) is -0.0398. The first kappa shape index (κ1) is 15.9. The summed E-state index contributed by atoms with van der Waals surface area (Å²) in [6, 6.07) is 11.4. The summed E-state index contributed by atoms with van der Waals surface area (Å²) in [5.41, 5.74) is 1.39. The van der Waals surface area contributed by atoms with Gasteiger partial charge in [0.1, 0.15) is 5.75 Å². The lowest BCUT2D eigenvalue weighted by molar-refractivity contribution is 0.0961. The molecule has 0 radical (unpaired) electrons. The Labute approximate surface area is 133 Å². The average Bonchev–Trinajstić information content (AvgIpc) is 2.54. The Bertz CT molecular complexity index is 716. The number of methoxy groups -OCH3 is 1. The van der Waals surface area contributed by atoms with Crippen LogP contribution in [0.5, 0.6) is 5.75 Å². The van der Waals surface area contributed by atoms with Crippen molar-refractivity contribution in [2.75, 3.05) is 19.5 Å². The molecule has 2 amide bonds. The first-order valence-electron chi connectivity index (χ1n) is 6.52. The molecule has 0 atom stereocenters. The molecule has 2 N–H and O–H groups in total. The van der Waals surface area contributed by atoms with Gasteiger partial charge in [-0.1, -0.05) is 17.7 Å². The van der Waals surface area contributed by atoms with Gasteiger partial charge in [0.15, 0.2) is 0 Å². The van der Waals surface area contributed by atoms with Crippen LogP contribution in [0.15, 0.2) is 42.5 Å². The van der Waals surface area contributed by atoms with Gasteiger partial charge < -0.3 is 15.4 Å². The largest absolute Gasteiger partial charge is 0.495 e. The van der Waals surface area contributed by atoms with Gasteiger partial charge in [-0.05, 0) is 36.4 Å². The summed E-state index contributed by atoms with van der Waals surface area (Å²) in [7, 11) is 3.05. The van der Waals surface area contributed by atoms with Gasteiger partial charge >= 0.3 is 0 Å². The maximum absolute atomic E-state index is 12.2. The maximum Gasteiger partial charge on any atom is 0.255 e. The number of benzene rings is 2. The standard InChI is InChI=1S/C16H15ClN2O3/c1-18-15(20)10-4-3-5-12(8-10)19-16(21)11-6-7-14(22-2)13(17)9-11/h3-9H,1-2H3,(H,18,20)(H,19,21). The van der Waals surface area contributed by atoms with Crippen LogP contribution in [0, 0.1) is 0 Å². The summed E-state index contributed by atoms with van der Waals surface area (Å²) in [6.45, 7) is 0. The molecule has 0 aromatic heterocycles. The number of nitrogens with one attached hydrogen (secondary N) is 2. The predicted octanol–water partition coefficient (Wildman–Crippen LogP) is 2.96. The fourth-order valence-electron chi connectivity index (χ4n) is 1.89. The smallest absolute Gasteiger partial charge is 0.255 e. The van der Waals surface area contributed by atoms with Gasteiger partial charge in [-0.15, -0.1) is 0 Å². The number of carbonyl (C=O) groups excluding carboxylic acids is 2. The Morgan fingerprint density at radius 1 is 1.05 bits per heavy atom. The van der Waals surface area contributed by atoms with E-state index in [0.717, 1.165) is 0 Å². The van der Waals surface area contributed by atoms with E-state index in [1.54, 1.807) is 43.4 Å². The van der Waals surface area contributed by atoms with E-state index in [9.17, 15) is 9.59 Å².